The third kappa shape index (κ3) is 2.19. The minimum Gasteiger partial charge on any atom is -0.293 e. The molecule has 0 saturated heterocycles. The van der Waals surface area contributed by atoms with Crippen LogP contribution in [-0.4, -0.2) is 10.8 Å². The molecule has 0 atom stereocenters. The van der Waals surface area contributed by atoms with Crippen LogP contribution in [0, 0.1) is 0 Å². The second-order valence-corrected chi connectivity index (χ2v) is 4.50. The Morgan fingerprint density at radius 3 is 2.50 bits per heavy atom. The van der Waals surface area contributed by atoms with Gasteiger partial charge < -0.3 is 0 Å². The van der Waals surface area contributed by atoms with Gasteiger partial charge in [0.1, 0.15) is 10.7 Å². The van der Waals surface area contributed by atoms with Gasteiger partial charge in [-0.15, -0.1) is 11.3 Å². The quantitative estimate of drug-likeness (QED) is 0.756. The van der Waals surface area contributed by atoms with Crippen LogP contribution in [0.3, 0.4) is 0 Å². The third-order valence-electron chi connectivity index (χ3n) is 2.47. The number of ketones is 1. The molecule has 3 heteroatoms. The van der Waals surface area contributed by atoms with Gasteiger partial charge in [0, 0.05) is 17.9 Å². The lowest BCUT2D eigenvalue weighted by atomic mass is 10.1. The van der Waals surface area contributed by atoms with Crippen molar-refractivity contribution in [2.75, 3.05) is 0 Å². The molecule has 0 saturated carbocycles. The molecule has 0 aliphatic heterocycles. The fourth-order valence-electron chi connectivity index (χ4n) is 1.45. The molecular weight excluding hydrogens is 218 g/mol. The Morgan fingerprint density at radius 1 is 1.31 bits per heavy atom. The Labute approximate surface area is 99.0 Å². The zero-order chi connectivity index (χ0) is 11.5. The van der Waals surface area contributed by atoms with Gasteiger partial charge in [-0.2, -0.15) is 0 Å². The van der Waals surface area contributed by atoms with Crippen molar-refractivity contribution in [2.45, 2.75) is 20.3 Å². The summed E-state index contributed by atoms with van der Waals surface area (Å²) < 4.78 is 0. The number of thiazole rings is 1. The topological polar surface area (TPSA) is 30.0 Å². The van der Waals surface area contributed by atoms with Gasteiger partial charge in [-0.25, -0.2) is 4.98 Å². The third-order valence-corrected chi connectivity index (χ3v) is 3.37. The molecule has 0 bridgehead atoms. The fourth-order valence-corrected chi connectivity index (χ4v) is 2.32. The Bertz CT molecular complexity index is 499. The zero-order valence-electron chi connectivity index (χ0n) is 9.36. The van der Waals surface area contributed by atoms with Crippen LogP contribution < -0.4 is 0 Å². The average molecular weight is 231 g/mol. The second kappa shape index (κ2) is 4.58. The van der Waals surface area contributed by atoms with E-state index in [1.54, 1.807) is 6.92 Å². The minimum absolute atomic E-state index is 0.0210. The molecule has 0 unspecified atom stereocenters. The zero-order valence-corrected chi connectivity index (χ0v) is 10.2. The van der Waals surface area contributed by atoms with E-state index in [9.17, 15) is 4.79 Å². The van der Waals surface area contributed by atoms with Crippen LogP contribution in [0.5, 0.6) is 0 Å². The molecular formula is C13H13NOS. The number of benzene rings is 1. The summed E-state index contributed by atoms with van der Waals surface area (Å²) in [6.07, 6.45) is 1.04. The molecule has 0 amide bonds. The van der Waals surface area contributed by atoms with E-state index in [2.05, 4.69) is 36.2 Å². The number of rotatable bonds is 3. The number of hydrogen-bond donors (Lipinski definition) is 0. The van der Waals surface area contributed by atoms with Crippen LogP contribution in [-0.2, 0) is 6.42 Å². The van der Waals surface area contributed by atoms with Crippen LogP contribution in [0.15, 0.2) is 29.6 Å². The van der Waals surface area contributed by atoms with E-state index in [1.807, 2.05) is 5.38 Å². The number of Topliss-reactive ketones (excluding diaryl/α,β-unsaturated/α-hetero) is 1. The van der Waals surface area contributed by atoms with Gasteiger partial charge in [0.15, 0.2) is 5.78 Å². The van der Waals surface area contributed by atoms with Crippen LogP contribution in [0.1, 0.15) is 29.9 Å². The molecule has 0 N–H and O–H groups in total. The predicted octanol–water partition coefficient (Wildman–Crippen LogP) is 3.58. The van der Waals surface area contributed by atoms with E-state index in [0.29, 0.717) is 5.69 Å². The van der Waals surface area contributed by atoms with Crippen LogP contribution in [0.4, 0.5) is 0 Å². The Morgan fingerprint density at radius 2 is 2.00 bits per heavy atom. The normalized spacial score (nSPS) is 10.4. The fraction of sp³-hybridized carbons (Fsp3) is 0.231. The highest BCUT2D eigenvalue weighted by Gasteiger charge is 2.07. The van der Waals surface area contributed by atoms with Crippen molar-refractivity contribution in [1.29, 1.82) is 0 Å². The summed E-state index contributed by atoms with van der Waals surface area (Å²) in [6.45, 7) is 3.67. The molecule has 2 rings (SSSR count). The molecule has 0 radical (unpaired) electrons. The van der Waals surface area contributed by atoms with Crippen LogP contribution in [0.2, 0.25) is 0 Å². The maximum absolute atomic E-state index is 11.1. The SMILES string of the molecule is CCc1ccc(-c2nc(C(C)=O)cs2)cc1. The van der Waals surface area contributed by atoms with Crippen molar-refractivity contribution in [2.24, 2.45) is 0 Å². The van der Waals surface area contributed by atoms with Crippen molar-refractivity contribution in [3.05, 3.63) is 40.9 Å². The monoisotopic (exact) mass is 231 g/mol. The molecule has 0 spiro atoms. The second-order valence-electron chi connectivity index (χ2n) is 3.64. The van der Waals surface area contributed by atoms with E-state index >= 15 is 0 Å². The lowest BCUT2D eigenvalue weighted by Gasteiger charge is -1.98. The van der Waals surface area contributed by atoms with Crippen LogP contribution >= 0.6 is 11.3 Å². The predicted molar refractivity (Wildman–Crippen MR) is 66.9 cm³/mol. The summed E-state index contributed by atoms with van der Waals surface area (Å²) >= 11 is 1.51. The molecule has 2 aromatic rings. The number of nitrogens with zero attached hydrogens (tertiary/aromatic N) is 1. The standard InChI is InChI=1S/C13H13NOS/c1-3-10-4-6-11(7-5-10)13-14-12(8-16-13)9(2)15/h4-8H,3H2,1-2H3. The molecule has 2 nitrogen and oxygen atoms in total. The van der Waals surface area contributed by atoms with Gasteiger partial charge in [-0.3, -0.25) is 4.79 Å². The molecule has 82 valence electrons. The van der Waals surface area contributed by atoms with Crippen molar-refractivity contribution in [3.8, 4) is 10.6 Å². The van der Waals surface area contributed by atoms with E-state index in [4.69, 9.17) is 0 Å². The molecule has 1 aromatic carbocycles. The number of carbonyl (C=O) groups excluding carboxylic acids is 1. The summed E-state index contributed by atoms with van der Waals surface area (Å²) in [6, 6.07) is 8.32. The van der Waals surface area contributed by atoms with Crippen LogP contribution in [0.25, 0.3) is 10.6 Å². The highest BCUT2D eigenvalue weighted by Crippen LogP contribution is 2.24. The number of carbonyl (C=O) groups is 1. The van der Waals surface area contributed by atoms with E-state index < -0.39 is 0 Å². The molecule has 0 aliphatic rings. The van der Waals surface area contributed by atoms with Gasteiger partial charge in [-0.1, -0.05) is 31.2 Å². The first kappa shape index (κ1) is 11.0. The van der Waals surface area contributed by atoms with Crippen molar-refractivity contribution < 1.29 is 4.79 Å². The molecule has 0 aliphatic carbocycles. The maximum Gasteiger partial charge on any atom is 0.178 e. The summed E-state index contributed by atoms with van der Waals surface area (Å²) in [5.41, 5.74) is 2.95. The van der Waals surface area contributed by atoms with Gasteiger partial charge in [0.05, 0.1) is 0 Å². The van der Waals surface area contributed by atoms with Gasteiger partial charge >= 0.3 is 0 Å². The Kier molecular flexibility index (Phi) is 3.15. The average Bonchev–Trinajstić information content (AvgIpc) is 2.78. The van der Waals surface area contributed by atoms with E-state index in [-0.39, 0.29) is 5.78 Å². The van der Waals surface area contributed by atoms with Gasteiger partial charge in [0.2, 0.25) is 0 Å². The Hall–Kier alpha value is -1.48. The van der Waals surface area contributed by atoms with Crippen molar-refractivity contribution in [3.63, 3.8) is 0 Å². The molecule has 1 aromatic heterocycles. The first-order valence-electron chi connectivity index (χ1n) is 5.26. The minimum atomic E-state index is 0.0210. The molecule has 1 heterocycles. The lowest BCUT2D eigenvalue weighted by Crippen LogP contribution is -1.91. The van der Waals surface area contributed by atoms with Crippen molar-refractivity contribution in [1.82, 2.24) is 4.98 Å². The largest absolute Gasteiger partial charge is 0.293 e. The lowest BCUT2D eigenvalue weighted by molar-refractivity contribution is 0.101. The van der Waals surface area contributed by atoms with E-state index in [0.717, 1.165) is 17.0 Å². The van der Waals surface area contributed by atoms with Gasteiger partial charge in [0.25, 0.3) is 0 Å². The number of hydrogen-bond acceptors (Lipinski definition) is 3. The molecule has 0 fully saturated rings. The van der Waals surface area contributed by atoms with E-state index in [1.165, 1.54) is 16.9 Å². The highest BCUT2D eigenvalue weighted by atomic mass is 32.1. The van der Waals surface area contributed by atoms with Crippen molar-refractivity contribution >= 4 is 17.1 Å². The number of aryl methyl sites for hydroxylation is 1. The summed E-state index contributed by atoms with van der Waals surface area (Å²) in [7, 11) is 0. The smallest absolute Gasteiger partial charge is 0.178 e. The summed E-state index contributed by atoms with van der Waals surface area (Å²) in [5.74, 6) is 0.0210. The summed E-state index contributed by atoms with van der Waals surface area (Å²) in [4.78, 5) is 15.4. The maximum atomic E-state index is 11.1. The number of aromatic nitrogens is 1. The first-order chi connectivity index (χ1) is 7.70. The molecule has 16 heavy (non-hydrogen) atoms. The Balaban J connectivity index is 2.31. The highest BCUT2D eigenvalue weighted by molar-refractivity contribution is 7.13. The summed E-state index contributed by atoms with van der Waals surface area (Å²) in [5, 5.41) is 2.72. The van der Waals surface area contributed by atoms with Gasteiger partial charge in [-0.05, 0) is 12.0 Å². The first-order valence-corrected chi connectivity index (χ1v) is 6.14.